The van der Waals surface area contributed by atoms with Gasteiger partial charge in [-0.1, -0.05) is 36.2 Å². The summed E-state index contributed by atoms with van der Waals surface area (Å²) < 4.78 is 20.8. The number of aliphatic hydroxyl groups is 2. The maximum atomic E-state index is 9.91. The second-order valence-electron chi connectivity index (χ2n) is 16.0. The molecule has 1 fully saturated rings. The van der Waals surface area contributed by atoms with E-state index in [9.17, 15) is 10.2 Å². The summed E-state index contributed by atoms with van der Waals surface area (Å²) in [5, 5.41) is 24.6. The molecule has 296 valence electrons. The van der Waals surface area contributed by atoms with E-state index in [1.54, 1.807) is 0 Å². The zero-order valence-corrected chi connectivity index (χ0v) is 33.8. The molecule has 2 aromatic heterocycles. The molecule has 3 aliphatic rings. The van der Waals surface area contributed by atoms with Gasteiger partial charge in [-0.25, -0.2) is 0 Å². The van der Waals surface area contributed by atoms with Gasteiger partial charge < -0.3 is 29.3 Å². The summed E-state index contributed by atoms with van der Waals surface area (Å²) in [4.78, 5) is 15.1. The lowest BCUT2D eigenvalue weighted by atomic mass is 9.56. The molecule has 3 heterocycles. The Hall–Kier alpha value is -3.70. The minimum absolute atomic E-state index is 0.00420. The average Bonchev–Trinajstić information content (AvgIpc) is 3.17. The van der Waals surface area contributed by atoms with Gasteiger partial charge in [-0.05, 0) is 131 Å². The van der Waals surface area contributed by atoms with E-state index >= 15 is 0 Å². The van der Waals surface area contributed by atoms with Gasteiger partial charge in [0.25, 0.3) is 0 Å². The van der Waals surface area contributed by atoms with Crippen LogP contribution in [0.4, 0.5) is 0 Å². The molecular weight excluding hydrogens is 711 g/mol. The summed E-state index contributed by atoms with van der Waals surface area (Å²) in [6, 6.07) is 16.3. The molecule has 2 N–H and O–H groups in total. The maximum absolute atomic E-state index is 9.91. The number of aromatic nitrogens is 2. The lowest BCUT2D eigenvalue weighted by Gasteiger charge is -2.58. The molecule has 6 atom stereocenters. The summed E-state index contributed by atoms with van der Waals surface area (Å²) >= 11 is 1.87. The minimum Gasteiger partial charge on any atom is -0.487 e. The van der Waals surface area contributed by atoms with Crippen molar-refractivity contribution in [2.45, 2.75) is 108 Å². The number of nitrogens with zero attached hydrogens (tertiary/aromatic N) is 3. The number of unbranched alkanes of at least 4 members (excludes halogenated alkanes) is 2. The highest BCUT2D eigenvalue weighted by molar-refractivity contribution is 8.00. The van der Waals surface area contributed by atoms with Crippen molar-refractivity contribution in [1.29, 1.82) is 0 Å². The molecule has 10 heteroatoms. The molecule has 9 nitrogen and oxygen atoms in total. The number of pyridine rings is 2. The van der Waals surface area contributed by atoms with Crippen LogP contribution in [0.25, 0.3) is 0 Å². The van der Waals surface area contributed by atoms with Gasteiger partial charge in [0.15, 0.2) is 0 Å². The fourth-order valence-corrected chi connectivity index (χ4v) is 9.87. The van der Waals surface area contributed by atoms with Crippen molar-refractivity contribution < 1.29 is 29.3 Å². The van der Waals surface area contributed by atoms with Gasteiger partial charge in [0.2, 0.25) is 5.79 Å². The topological polar surface area (TPSA) is 116 Å². The van der Waals surface area contributed by atoms with Gasteiger partial charge in [0, 0.05) is 49.2 Å². The van der Waals surface area contributed by atoms with Crippen molar-refractivity contribution in [3.05, 3.63) is 108 Å². The Balaban J connectivity index is 1.49. The van der Waals surface area contributed by atoms with Crippen molar-refractivity contribution >= 4 is 17.5 Å². The van der Waals surface area contributed by atoms with E-state index < -0.39 is 11.4 Å². The first-order valence-corrected chi connectivity index (χ1v) is 21.0. The van der Waals surface area contributed by atoms with Crippen LogP contribution >= 0.6 is 11.8 Å². The number of rotatable bonds is 19. The molecule has 2 aliphatic carbocycles. The number of oxime groups is 1. The van der Waals surface area contributed by atoms with Crippen molar-refractivity contribution in [2.24, 2.45) is 22.9 Å². The predicted octanol–water partition coefficient (Wildman–Crippen LogP) is 8.77. The number of hydrogen-bond donors (Lipinski definition) is 2. The Morgan fingerprint density at radius 3 is 2.55 bits per heavy atom. The molecule has 0 radical (unpaired) electrons. The Kier molecular flexibility index (Phi) is 14.1. The second-order valence-corrected chi connectivity index (χ2v) is 17.3. The van der Waals surface area contributed by atoms with E-state index in [2.05, 4.69) is 46.9 Å². The van der Waals surface area contributed by atoms with Crippen LogP contribution in [0.5, 0.6) is 11.5 Å². The van der Waals surface area contributed by atoms with Gasteiger partial charge in [0.1, 0.15) is 23.7 Å². The predicted molar refractivity (Wildman–Crippen MR) is 220 cm³/mol. The highest BCUT2D eigenvalue weighted by Gasteiger charge is 2.64. The van der Waals surface area contributed by atoms with E-state index in [0.717, 1.165) is 90.4 Å². The Morgan fingerprint density at radius 2 is 1.82 bits per heavy atom. The third-order valence-electron chi connectivity index (χ3n) is 10.8. The molecule has 55 heavy (non-hydrogen) atoms. The quantitative estimate of drug-likeness (QED) is 0.0702. The smallest absolute Gasteiger partial charge is 0.230 e. The fourth-order valence-electron chi connectivity index (χ4n) is 8.46. The zero-order valence-electron chi connectivity index (χ0n) is 33.0. The summed E-state index contributed by atoms with van der Waals surface area (Å²) in [6.07, 6.45) is 14.6. The molecule has 1 aromatic carbocycles. The number of allylic oxidation sites excluding steroid dienone is 1. The highest BCUT2D eigenvalue weighted by atomic mass is 32.2. The van der Waals surface area contributed by atoms with Gasteiger partial charge in [-0.3, -0.25) is 9.97 Å². The SMILES string of the molecule is C=CCO[C@@]12Oc3ccc(OCc4cccc(C)n4)cc3[C@H]3[C@H](CCCCO)[C@@H](CCCCO)C=C(C(=NOC(C)(C)C)C[C@@H]1SCCc1ccncc1)[C@H]32. The van der Waals surface area contributed by atoms with Crippen molar-refractivity contribution in [3.63, 3.8) is 0 Å². The van der Waals surface area contributed by atoms with E-state index in [4.69, 9.17) is 24.2 Å². The number of fused-ring (bicyclic) bond motifs is 2. The molecule has 6 rings (SSSR count). The maximum Gasteiger partial charge on any atom is 0.230 e. The van der Waals surface area contributed by atoms with E-state index in [-0.39, 0.29) is 42.1 Å². The normalized spacial score (nSPS) is 25.0. The lowest BCUT2D eigenvalue weighted by molar-refractivity contribution is -0.223. The Bertz CT molecular complexity index is 1780. The van der Waals surface area contributed by atoms with Crippen LogP contribution in [0.3, 0.4) is 0 Å². The first kappa shape index (κ1) is 40.9. The molecule has 0 spiro atoms. The van der Waals surface area contributed by atoms with Gasteiger partial charge in [-0.2, -0.15) is 11.8 Å². The van der Waals surface area contributed by atoms with Crippen molar-refractivity contribution in [2.75, 3.05) is 25.6 Å². The van der Waals surface area contributed by atoms with Gasteiger partial charge in [-0.15, -0.1) is 6.58 Å². The number of hydrogen-bond acceptors (Lipinski definition) is 10. The molecule has 0 unspecified atom stereocenters. The monoisotopic (exact) mass is 769 g/mol. The summed E-state index contributed by atoms with van der Waals surface area (Å²) in [5.74, 6) is 1.63. The number of thioether (sulfide) groups is 1. The molecule has 3 aromatic rings. The minimum atomic E-state index is -1.01. The second kappa shape index (κ2) is 19.0. The molecule has 0 amide bonds. The average molecular weight is 770 g/mol. The fraction of sp³-hybridized carbons (Fsp3) is 0.533. The highest BCUT2D eigenvalue weighted by Crippen LogP contribution is 2.62. The van der Waals surface area contributed by atoms with E-state index in [1.165, 1.54) is 5.56 Å². The summed E-state index contributed by atoms with van der Waals surface area (Å²) in [7, 11) is 0. The van der Waals surface area contributed by atoms with Crippen LogP contribution < -0.4 is 9.47 Å². The van der Waals surface area contributed by atoms with Crippen LogP contribution in [0.1, 0.15) is 94.1 Å². The standard InChI is InChI=1S/C45H59N3O6S/c1-6-25-52-45-41(55-26-20-32-18-21-46-22-19-32)29-39(48-54-44(3,4)5)37-27-33(13-7-9-23-49)36(15-8-10-24-50)42(43(37)45)38-28-35(16-17-40(38)53-45)51-30-34-14-11-12-31(2)47-34/h6,11-12,14,16-19,21-22,27-28,33,36,41-43,49-50H,1,7-10,13,15,20,23-26,29-30H2,2-5H3/t33-,36+,41-,42+,43+,45+/m0/s1. The molecule has 0 bridgehead atoms. The third-order valence-corrected chi connectivity index (χ3v) is 12.2. The first-order valence-electron chi connectivity index (χ1n) is 20.0. The molecular formula is C45H59N3O6S. The molecule has 1 aliphatic heterocycles. The van der Waals surface area contributed by atoms with Crippen molar-refractivity contribution in [1.82, 2.24) is 9.97 Å². The summed E-state index contributed by atoms with van der Waals surface area (Å²) in [5.41, 5.74) is 5.75. The van der Waals surface area contributed by atoms with E-state index in [1.807, 2.05) is 82.2 Å². The van der Waals surface area contributed by atoms with Crippen LogP contribution in [0, 0.1) is 24.7 Å². The molecule has 1 saturated carbocycles. The van der Waals surface area contributed by atoms with Gasteiger partial charge in [0.05, 0.1) is 29.2 Å². The lowest BCUT2D eigenvalue weighted by Crippen LogP contribution is -2.64. The Morgan fingerprint density at radius 1 is 1.04 bits per heavy atom. The number of benzene rings is 1. The van der Waals surface area contributed by atoms with Gasteiger partial charge >= 0.3 is 0 Å². The third kappa shape index (κ3) is 10.0. The van der Waals surface area contributed by atoms with Crippen molar-refractivity contribution in [3.8, 4) is 11.5 Å². The Labute approximate surface area is 331 Å². The number of aliphatic hydroxyl groups excluding tert-OH is 2. The van der Waals surface area contributed by atoms with Crippen LogP contribution in [0.2, 0.25) is 0 Å². The number of aryl methyl sites for hydroxylation is 2. The zero-order chi connectivity index (χ0) is 38.8. The number of ether oxygens (including phenoxy) is 3. The van der Waals surface area contributed by atoms with Crippen LogP contribution in [-0.2, 0) is 22.6 Å². The van der Waals surface area contributed by atoms with E-state index in [0.29, 0.717) is 19.6 Å². The van der Waals surface area contributed by atoms with Crippen LogP contribution in [-0.4, -0.2) is 68.1 Å². The largest absolute Gasteiger partial charge is 0.487 e. The molecule has 0 saturated heterocycles. The van der Waals surface area contributed by atoms with Crippen LogP contribution in [0.15, 0.2) is 90.4 Å². The first-order chi connectivity index (χ1) is 26.7. The summed E-state index contributed by atoms with van der Waals surface area (Å²) in [6.45, 7) is 13.1.